The lowest BCUT2D eigenvalue weighted by Gasteiger charge is -2.08. The topological polar surface area (TPSA) is 66.9 Å². The number of pyridine rings is 2. The van der Waals surface area contributed by atoms with Crippen molar-refractivity contribution in [1.29, 1.82) is 0 Å². The van der Waals surface area contributed by atoms with Crippen LogP contribution in [0.15, 0.2) is 67.1 Å². The van der Waals surface area contributed by atoms with Gasteiger partial charge in [-0.15, -0.1) is 0 Å². The summed E-state index contributed by atoms with van der Waals surface area (Å²) in [6.07, 6.45) is 5.71. The third kappa shape index (κ3) is 5.11. The highest BCUT2D eigenvalue weighted by atomic mass is 19.1. The van der Waals surface area contributed by atoms with Gasteiger partial charge in [0.2, 0.25) is 0 Å². The number of halogens is 1. The summed E-state index contributed by atoms with van der Waals surface area (Å²) in [5.74, 6) is 0.204. The van der Waals surface area contributed by atoms with Crippen LogP contribution in [0.25, 0.3) is 0 Å². The lowest BCUT2D eigenvalue weighted by Crippen LogP contribution is -2.25. The molecule has 0 aliphatic rings. The molecule has 0 radical (unpaired) electrons. The molecule has 3 aromatic rings. The minimum atomic E-state index is -0.263. The molecular weight excluding hydrogens is 331 g/mol. The van der Waals surface area contributed by atoms with Crippen LogP contribution in [0.4, 0.5) is 10.2 Å². The number of carbonyl (C=O) groups excluding carboxylic acids is 1. The fourth-order valence-electron chi connectivity index (χ4n) is 2.44. The Morgan fingerprint density at radius 2 is 1.73 bits per heavy atom. The molecule has 26 heavy (non-hydrogen) atoms. The zero-order valence-corrected chi connectivity index (χ0v) is 14.2. The van der Waals surface area contributed by atoms with Gasteiger partial charge in [0, 0.05) is 37.2 Å². The Hall–Kier alpha value is -3.28. The molecular formula is C20H19FN4O. The first-order valence-corrected chi connectivity index (χ1v) is 8.32. The summed E-state index contributed by atoms with van der Waals surface area (Å²) in [7, 11) is 0. The molecule has 6 heteroatoms. The summed E-state index contributed by atoms with van der Waals surface area (Å²) < 4.78 is 12.9. The highest BCUT2D eigenvalue weighted by molar-refractivity contribution is 5.94. The Kier molecular flexibility index (Phi) is 5.88. The number of nitrogens with one attached hydrogen (secondary N) is 2. The number of aromatic nitrogens is 2. The van der Waals surface area contributed by atoms with Crippen molar-refractivity contribution in [3.63, 3.8) is 0 Å². The summed E-state index contributed by atoms with van der Waals surface area (Å²) in [5, 5.41) is 6.06. The highest BCUT2D eigenvalue weighted by Gasteiger charge is 2.07. The van der Waals surface area contributed by atoms with Gasteiger partial charge in [0.1, 0.15) is 11.6 Å². The fraction of sp³-hybridized carbons (Fsp3) is 0.150. The second-order valence-corrected chi connectivity index (χ2v) is 5.77. The van der Waals surface area contributed by atoms with Gasteiger partial charge < -0.3 is 10.6 Å². The second kappa shape index (κ2) is 8.71. The predicted molar refractivity (Wildman–Crippen MR) is 98.2 cm³/mol. The SMILES string of the molecule is O=C(NCCc1ccc(F)cc1)c1ccnc(NCc2ccncc2)c1. The average Bonchev–Trinajstić information content (AvgIpc) is 2.69. The number of carbonyl (C=O) groups is 1. The van der Waals surface area contributed by atoms with Gasteiger partial charge in [-0.1, -0.05) is 12.1 Å². The van der Waals surface area contributed by atoms with E-state index in [1.807, 2.05) is 12.1 Å². The second-order valence-electron chi connectivity index (χ2n) is 5.77. The molecule has 0 fully saturated rings. The molecule has 0 bridgehead atoms. The Balaban J connectivity index is 1.51. The molecule has 0 atom stereocenters. The summed E-state index contributed by atoms with van der Waals surface area (Å²) in [6.45, 7) is 1.08. The van der Waals surface area contributed by atoms with E-state index in [4.69, 9.17) is 0 Å². The third-order valence-electron chi connectivity index (χ3n) is 3.86. The van der Waals surface area contributed by atoms with E-state index in [1.54, 1.807) is 42.9 Å². The van der Waals surface area contributed by atoms with Crippen molar-refractivity contribution >= 4 is 11.7 Å². The first-order chi connectivity index (χ1) is 12.7. The first-order valence-electron chi connectivity index (χ1n) is 8.32. The number of rotatable bonds is 7. The largest absolute Gasteiger partial charge is 0.366 e. The molecule has 1 amide bonds. The Labute approximate surface area is 151 Å². The number of benzene rings is 1. The van der Waals surface area contributed by atoms with E-state index in [0.717, 1.165) is 11.1 Å². The molecule has 1 aromatic carbocycles. The van der Waals surface area contributed by atoms with E-state index in [9.17, 15) is 9.18 Å². The van der Waals surface area contributed by atoms with Crippen molar-refractivity contribution < 1.29 is 9.18 Å². The Morgan fingerprint density at radius 1 is 0.962 bits per heavy atom. The summed E-state index contributed by atoms with van der Waals surface area (Å²) in [4.78, 5) is 20.5. The molecule has 0 unspecified atom stereocenters. The maximum Gasteiger partial charge on any atom is 0.251 e. The maximum atomic E-state index is 12.9. The van der Waals surface area contributed by atoms with Gasteiger partial charge in [0.05, 0.1) is 0 Å². The van der Waals surface area contributed by atoms with Crippen LogP contribution in [0.2, 0.25) is 0 Å². The van der Waals surface area contributed by atoms with Gasteiger partial charge in [-0.2, -0.15) is 0 Å². The minimum Gasteiger partial charge on any atom is -0.366 e. The maximum absolute atomic E-state index is 12.9. The molecule has 3 rings (SSSR count). The summed E-state index contributed by atoms with van der Waals surface area (Å²) >= 11 is 0. The van der Waals surface area contributed by atoms with Crippen LogP contribution < -0.4 is 10.6 Å². The predicted octanol–water partition coefficient (Wildman–Crippen LogP) is 3.20. The molecule has 0 saturated heterocycles. The molecule has 2 aromatic heterocycles. The highest BCUT2D eigenvalue weighted by Crippen LogP contribution is 2.09. The molecule has 2 heterocycles. The quantitative estimate of drug-likeness (QED) is 0.687. The number of hydrogen-bond donors (Lipinski definition) is 2. The van der Waals surface area contributed by atoms with Crippen molar-refractivity contribution in [2.45, 2.75) is 13.0 Å². The molecule has 0 spiro atoms. The van der Waals surface area contributed by atoms with E-state index in [-0.39, 0.29) is 11.7 Å². The van der Waals surface area contributed by atoms with E-state index in [2.05, 4.69) is 20.6 Å². The molecule has 0 aliphatic heterocycles. The smallest absolute Gasteiger partial charge is 0.251 e. The van der Waals surface area contributed by atoms with Crippen LogP contribution in [-0.2, 0) is 13.0 Å². The molecule has 132 valence electrons. The van der Waals surface area contributed by atoms with Crippen LogP contribution in [0.5, 0.6) is 0 Å². The van der Waals surface area contributed by atoms with Gasteiger partial charge in [0.15, 0.2) is 0 Å². The Morgan fingerprint density at radius 3 is 2.50 bits per heavy atom. The van der Waals surface area contributed by atoms with Gasteiger partial charge in [0.25, 0.3) is 5.91 Å². The van der Waals surface area contributed by atoms with Crippen molar-refractivity contribution in [3.8, 4) is 0 Å². The standard InChI is InChI=1S/C20H19FN4O/c21-18-3-1-15(2-4-18)7-11-24-20(26)17-8-12-23-19(13-17)25-14-16-5-9-22-10-6-16/h1-6,8-10,12-13H,7,11,14H2,(H,23,25)(H,24,26). The van der Waals surface area contributed by atoms with Gasteiger partial charge in [-0.3, -0.25) is 9.78 Å². The van der Waals surface area contributed by atoms with Crippen LogP contribution >= 0.6 is 0 Å². The monoisotopic (exact) mass is 350 g/mol. The van der Waals surface area contributed by atoms with E-state index in [1.165, 1.54) is 12.1 Å². The van der Waals surface area contributed by atoms with Crippen LogP contribution in [0.1, 0.15) is 21.5 Å². The average molecular weight is 350 g/mol. The Bertz CT molecular complexity index is 853. The van der Waals surface area contributed by atoms with E-state index >= 15 is 0 Å². The summed E-state index contributed by atoms with van der Waals surface area (Å²) in [6, 6.07) is 13.5. The van der Waals surface area contributed by atoms with E-state index in [0.29, 0.717) is 30.9 Å². The minimum absolute atomic E-state index is 0.165. The molecule has 5 nitrogen and oxygen atoms in total. The van der Waals surface area contributed by atoms with Crippen molar-refractivity contribution in [1.82, 2.24) is 15.3 Å². The zero-order chi connectivity index (χ0) is 18.2. The van der Waals surface area contributed by atoms with Crippen LogP contribution in [-0.4, -0.2) is 22.4 Å². The zero-order valence-electron chi connectivity index (χ0n) is 14.2. The number of nitrogens with zero attached hydrogens (tertiary/aromatic N) is 2. The van der Waals surface area contributed by atoms with Gasteiger partial charge in [-0.05, 0) is 53.9 Å². The molecule has 0 aliphatic carbocycles. The van der Waals surface area contributed by atoms with Crippen LogP contribution in [0, 0.1) is 5.82 Å². The normalized spacial score (nSPS) is 10.3. The van der Waals surface area contributed by atoms with Crippen molar-refractivity contribution in [2.75, 3.05) is 11.9 Å². The van der Waals surface area contributed by atoms with Crippen molar-refractivity contribution in [2.24, 2.45) is 0 Å². The molecule has 2 N–H and O–H groups in total. The number of hydrogen-bond acceptors (Lipinski definition) is 4. The lowest BCUT2D eigenvalue weighted by atomic mass is 10.1. The number of amides is 1. The van der Waals surface area contributed by atoms with Gasteiger partial charge in [-0.25, -0.2) is 9.37 Å². The first kappa shape index (κ1) is 17.5. The van der Waals surface area contributed by atoms with Crippen molar-refractivity contribution in [3.05, 3.63) is 89.6 Å². The number of anilines is 1. The lowest BCUT2D eigenvalue weighted by molar-refractivity contribution is 0.0954. The fourth-order valence-corrected chi connectivity index (χ4v) is 2.44. The third-order valence-corrected chi connectivity index (χ3v) is 3.86. The van der Waals surface area contributed by atoms with E-state index < -0.39 is 0 Å². The molecule has 0 saturated carbocycles. The van der Waals surface area contributed by atoms with Crippen LogP contribution in [0.3, 0.4) is 0 Å². The van der Waals surface area contributed by atoms with Gasteiger partial charge >= 0.3 is 0 Å². The summed E-state index contributed by atoms with van der Waals surface area (Å²) in [5.41, 5.74) is 2.59.